The molecule has 1 rings (SSSR count). The van der Waals surface area contributed by atoms with Gasteiger partial charge in [-0.05, 0) is 44.0 Å². The molecule has 0 amide bonds. The largest absolute Gasteiger partial charge is 0.416 e. The van der Waals surface area contributed by atoms with E-state index in [0.29, 0.717) is 12.3 Å². The van der Waals surface area contributed by atoms with E-state index in [-0.39, 0.29) is 0 Å². The highest BCUT2D eigenvalue weighted by atomic mass is 19.4. The molecular formula is C13H18F3N. The minimum Gasteiger partial charge on any atom is -0.319 e. The Kier molecular flexibility index (Phi) is 5.00. The average molecular weight is 245 g/mol. The Balaban J connectivity index is 2.60. The van der Waals surface area contributed by atoms with Crippen molar-refractivity contribution < 1.29 is 13.2 Å². The second-order valence-corrected chi connectivity index (χ2v) is 4.40. The van der Waals surface area contributed by atoms with Crippen molar-refractivity contribution >= 4 is 0 Å². The van der Waals surface area contributed by atoms with E-state index in [1.165, 1.54) is 12.1 Å². The lowest BCUT2D eigenvalue weighted by atomic mass is 10.00. The Labute approximate surface area is 100 Å². The first-order valence-corrected chi connectivity index (χ1v) is 5.74. The predicted molar refractivity (Wildman–Crippen MR) is 62.9 cm³/mol. The van der Waals surface area contributed by atoms with Crippen LogP contribution in [0.3, 0.4) is 0 Å². The first-order valence-electron chi connectivity index (χ1n) is 5.74. The van der Waals surface area contributed by atoms with Gasteiger partial charge in [0.05, 0.1) is 5.56 Å². The molecule has 0 heterocycles. The zero-order valence-corrected chi connectivity index (χ0v) is 10.1. The molecule has 17 heavy (non-hydrogen) atoms. The van der Waals surface area contributed by atoms with E-state index < -0.39 is 11.7 Å². The zero-order valence-electron chi connectivity index (χ0n) is 10.1. The molecule has 0 saturated carbocycles. The van der Waals surface area contributed by atoms with E-state index in [4.69, 9.17) is 0 Å². The lowest BCUT2D eigenvalue weighted by Crippen LogP contribution is -2.16. The number of rotatable bonds is 5. The molecule has 0 radical (unpaired) electrons. The van der Waals surface area contributed by atoms with Crippen LogP contribution in [0.1, 0.15) is 24.5 Å². The van der Waals surface area contributed by atoms with E-state index >= 15 is 0 Å². The summed E-state index contributed by atoms with van der Waals surface area (Å²) >= 11 is 0. The van der Waals surface area contributed by atoms with E-state index in [9.17, 15) is 13.2 Å². The minimum atomic E-state index is -4.24. The Hall–Kier alpha value is -1.03. The van der Waals surface area contributed by atoms with Gasteiger partial charge in [-0.1, -0.05) is 25.1 Å². The number of aryl methyl sites for hydroxylation is 1. The van der Waals surface area contributed by atoms with E-state index in [1.807, 2.05) is 7.05 Å². The Morgan fingerprint density at radius 2 is 2.00 bits per heavy atom. The summed E-state index contributed by atoms with van der Waals surface area (Å²) in [6, 6.07) is 5.58. The van der Waals surface area contributed by atoms with Crippen molar-refractivity contribution in [2.45, 2.75) is 25.9 Å². The quantitative estimate of drug-likeness (QED) is 0.837. The highest BCUT2D eigenvalue weighted by Crippen LogP contribution is 2.29. The number of benzene rings is 1. The summed E-state index contributed by atoms with van der Waals surface area (Å²) in [5.41, 5.74) is 0.194. The summed E-state index contributed by atoms with van der Waals surface area (Å²) in [5.74, 6) is 0.467. The molecule has 0 bridgehead atoms. The summed E-state index contributed by atoms with van der Waals surface area (Å²) in [4.78, 5) is 0. The van der Waals surface area contributed by atoms with Gasteiger partial charge in [-0.3, -0.25) is 0 Å². The van der Waals surface area contributed by atoms with Crippen LogP contribution in [0.15, 0.2) is 24.3 Å². The third-order valence-electron chi connectivity index (χ3n) is 2.73. The number of hydrogen-bond acceptors (Lipinski definition) is 1. The van der Waals surface area contributed by atoms with Gasteiger partial charge in [0.15, 0.2) is 0 Å². The highest BCUT2D eigenvalue weighted by Gasteiger charge is 2.30. The van der Waals surface area contributed by atoms with Gasteiger partial charge in [0, 0.05) is 0 Å². The molecule has 1 N–H and O–H groups in total. The van der Waals surface area contributed by atoms with Gasteiger partial charge in [-0.15, -0.1) is 0 Å². The number of halogens is 3. The van der Waals surface area contributed by atoms with Crippen molar-refractivity contribution in [1.29, 1.82) is 0 Å². The molecule has 0 aliphatic heterocycles. The lowest BCUT2D eigenvalue weighted by molar-refractivity contribution is -0.137. The van der Waals surface area contributed by atoms with Crippen LogP contribution in [-0.2, 0) is 12.6 Å². The molecule has 0 spiro atoms. The van der Waals surface area contributed by atoms with Gasteiger partial charge >= 0.3 is 6.18 Å². The minimum absolute atomic E-state index is 0.467. The fraction of sp³-hybridized carbons (Fsp3) is 0.538. The second-order valence-electron chi connectivity index (χ2n) is 4.40. The van der Waals surface area contributed by atoms with Crippen LogP contribution in [0.5, 0.6) is 0 Å². The molecule has 1 unspecified atom stereocenters. The van der Waals surface area contributed by atoms with Gasteiger partial charge in [0.25, 0.3) is 0 Å². The maximum absolute atomic E-state index is 12.5. The SMILES string of the molecule is CNCC(C)CCc1cccc(C(F)(F)F)c1. The fourth-order valence-electron chi connectivity index (χ4n) is 1.77. The lowest BCUT2D eigenvalue weighted by Gasteiger charge is -2.12. The van der Waals surface area contributed by atoms with Crippen LogP contribution in [0.25, 0.3) is 0 Å². The number of alkyl halides is 3. The van der Waals surface area contributed by atoms with Crippen molar-refractivity contribution in [3.63, 3.8) is 0 Å². The van der Waals surface area contributed by atoms with Crippen LogP contribution in [0, 0.1) is 5.92 Å². The van der Waals surface area contributed by atoms with E-state index in [1.54, 1.807) is 6.07 Å². The maximum Gasteiger partial charge on any atom is 0.416 e. The normalized spacial score (nSPS) is 13.7. The van der Waals surface area contributed by atoms with Crippen molar-refractivity contribution in [3.05, 3.63) is 35.4 Å². The molecule has 0 aromatic heterocycles. The van der Waals surface area contributed by atoms with Crippen LogP contribution in [-0.4, -0.2) is 13.6 Å². The molecule has 1 nitrogen and oxygen atoms in total. The van der Waals surface area contributed by atoms with Gasteiger partial charge in [0.2, 0.25) is 0 Å². The van der Waals surface area contributed by atoms with E-state index in [2.05, 4.69) is 12.2 Å². The first-order chi connectivity index (χ1) is 7.93. The Morgan fingerprint density at radius 1 is 1.29 bits per heavy atom. The average Bonchev–Trinajstić information content (AvgIpc) is 2.26. The number of hydrogen-bond donors (Lipinski definition) is 1. The molecule has 0 fully saturated rings. The Morgan fingerprint density at radius 3 is 2.59 bits per heavy atom. The summed E-state index contributed by atoms with van der Waals surface area (Å²) in [6.07, 6.45) is -2.67. The van der Waals surface area contributed by atoms with Crippen molar-refractivity contribution in [3.8, 4) is 0 Å². The first kappa shape index (κ1) is 14.0. The van der Waals surface area contributed by atoms with Crippen LogP contribution < -0.4 is 5.32 Å². The predicted octanol–water partition coefficient (Wildman–Crippen LogP) is 3.49. The van der Waals surface area contributed by atoms with Gasteiger partial charge in [-0.25, -0.2) is 0 Å². The standard InChI is InChI=1S/C13H18F3N/c1-10(9-17-2)6-7-11-4-3-5-12(8-11)13(14,15)16/h3-5,8,10,17H,6-7,9H2,1-2H3. The molecular weight excluding hydrogens is 227 g/mol. The molecule has 1 aromatic rings. The second kappa shape index (κ2) is 6.05. The molecule has 0 aliphatic carbocycles. The summed E-state index contributed by atoms with van der Waals surface area (Å²) in [6.45, 7) is 2.98. The van der Waals surface area contributed by atoms with Gasteiger partial charge < -0.3 is 5.32 Å². The number of nitrogens with one attached hydrogen (secondary N) is 1. The molecule has 0 saturated heterocycles. The van der Waals surface area contributed by atoms with Crippen LogP contribution >= 0.6 is 0 Å². The van der Waals surface area contributed by atoms with Crippen LogP contribution in [0.4, 0.5) is 13.2 Å². The Bertz CT molecular complexity index is 347. The molecule has 4 heteroatoms. The molecule has 0 aliphatic rings. The van der Waals surface area contributed by atoms with Crippen molar-refractivity contribution in [2.24, 2.45) is 5.92 Å². The van der Waals surface area contributed by atoms with Crippen molar-refractivity contribution in [2.75, 3.05) is 13.6 Å². The molecule has 96 valence electrons. The third-order valence-corrected chi connectivity index (χ3v) is 2.73. The third kappa shape index (κ3) is 4.77. The summed E-state index contributed by atoms with van der Waals surface area (Å²) in [7, 11) is 1.88. The monoisotopic (exact) mass is 245 g/mol. The molecule has 1 aromatic carbocycles. The molecule has 1 atom stereocenters. The van der Waals surface area contributed by atoms with Gasteiger partial charge in [-0.2, -0.15) is 13.2 Å². The topological polar surface area (TPSA) is 12.0 Å². The highest BCUT2D eigenvalue weighted by molar-refractivity contribution is 5.25. The maximum atomic E-state index is 12.5. The van der Waals surface area contributed by atoms with Crippen molar-refractivity contribution in [1.82, 2.24) is 5.32 Å². The summed E-state index contributed by atoms with van der Waals surface area (Å²) in [5, 5.41) is 3.06. The van der Waals surface area contributed by atoms with E-state index in [0.717, 1.165) is 24.6 Å². The fourth-order valence-corrected chi connectivity index (χ4v) is 1.77. The van der Waals surface area contributed by atoms with Crippen LogP contribution in [0.2, 0.25) is 0 Å². The van der Waals surface area contributed by atoms with Gasteiger partial charge in [0.1, 0.15) is 0 Å². The smallest absolute Gasteiger partial charge is 0.319 e. The zero-order chi connectivity index (χ0) is 12.9. The summed E-state index contributed by atoms with van der Waals surface area (Å²) < 4.78 is 37.4.